The van der Waals surface area contributed by atoms with Gasteiger partial charge in [-0.3, -0.25) is 0 Å². The number of rotatable bonds is 0. The summed E-state index contributed by atoms with van der Waals surface area (Å²) in [6.07, 6.45) is 0. The minimum atomic E-state index is 0. The van der Waals surface area contributed by atoms with Crippen molar-refractivity contribution in [3.8, 4) is 0 Å². The standard InChI is InChI=1S/C2H5.CN.CH3.Cu/c2*1-2;;/h1H2,2H3;;1H3;/q3*-1;. The van der Waals surface area contributed by atoms with Gasteiger partial charge in [-0.25, -0.2) is 0 Å². The van der Waals surface area contributed by atoms with Crippen LogP contribution in [0.5, 0.6) is 0 Å². The molecule has 0 atom stereocenters. The molecule has 0 aromatic rings. The summed E-state index contributed by atoms with van der Waals surface area (Å²) in [6.45, 7) is 9.75. The van der Waals surface area contributed by atoms with Gasteiger partial charge in [0.15, 0.2) is 0 Å². The Hall–Kier alpha value is 0.00948. The molecule has 0 N–H and O–H groups in total. The van der Waals surface area contributed by atoms with Crippen molar-refractivity contribution in [1.29, 1.82) is 5.26 Å². The van der Waals surface area contributed by atoms with Crippen LogP contribution in [0, 0.1) is 26.2 Å². The maximum Gasteiger partial charge on any atom is 0 e. The Bertz CT molecular complexity index is 12.3. The van der Waals surface area contributed by atoms with E-state index in [9.17, 15) is 0 Å². The molecule has 0 saturated carbocycles. The fourth-order valence-corrected chi connectivity index (χ4v) is 0. The van der Waals surface area contributed by atoms with Crippen LogP contribution in [0.1, 0.15) is 6.92 Å². The Balaban J connectivity index is -0.00000000500. The van der Waals surface area contributed by atoms with Crippen molar-refractivity contribution in [1.82, 2.24) is 0 Å². The van der Waals surface area contributed by atoms with Crippen molar-refractivity contribution in [2.24, 2.45) is 0 Å². The predicted molar refractivity (Wildman–Crippen MR) is 22.4 cm³/mol. The van der Waals surface area contributed by atoms with Gasteiger partial charge in [0.05, 0.1) is 0 Å². The molecule has 0 bridgehead atoms. The Morgan fingerprint density at radius 1 is 1.33 bits per heavy atom. The molecule has 6 heavy (non-hydrogen) atoms. The van der Waals surface area contributed by atoms with Crippen molar-refractivity contribution >= 4 is 0 Å². The van der Waals surface area contributed by atoms with E-state index in [1.165, 1.54) is 0 Å². The van der Waals surface area contributed by atoms with Gasteiger partial charge >= 0.3 is 0 Å². The van der Waals surface area contributed by atoms with Crippen molar-refractivity contribution < 1.29 is 17.1 Å². The molecule has 0 aliphatic carbocycles. The molecule has 0 heterocycles. The Morgan fingerprint density at radius 3 is 1.33 bits per heavy atom. The molecule has 0 unspecified atom stereocenters. The van der Waals surface area contributed by atoms with Gasteiger partial charge in [-0.2, -0.15) is 6.92 Å². The second-order valence-corrected chi connectivity index (χ2v) is 0. The SMILES string of the molecule is [C-]#N.[CH2-]C.[CH3-].[Cu]. The fraction of sp³-hybridized carbons (Fsp3) is 0.250. The first-order chi connectivity index (χ1) is 2.00. The minimum Gasteiger partial charge on any atom is -0.512 e. The van der Waals surface area contributed by atoms with E-state index in [2.05, 4.69) is 6.92 Å². The quantitative estimate of drug-likeness (QED) is 0.362. The molecule has 0 amide bonds. The molecule has 1 radical (unpaired) electrons. The van der Waals surface area contributed by atoms with E-state index < -0.39 is 0 Å². The van der Waals surface area contributed by atoms with Crippen molar-refractivity contribution in [2.75, 3.05) is 0 Å². The summed E-state index contributed by atoms with van der Waals surface area (Å²) in [7, 11) is 0. The van der Waals surface area contributed by atoms with Gasteiger partial charge < -0.3 is 26.2 Å². The number of hydrogen-bond donors (Lipinski definition) is 0. The van der Waals surface area contributed by atoms with E-state index in [1.54, 1.807) is 6.92 Å². The van der Waals surface area contributed by atoms with Crippen molar-refractivity contribution in [3.05, 3.63) is 20.9 Å². The van der Waals surface area contributed by atoms with Crippen molar-refractivity contribution in [2.45, 2.75) is 6.92 Å². The third-order valence-electron chi connectivity index (χ3n) is 0. The molecule has 0 rings (SSSR count). The van der Waals surface area contributed by atoms with Gasteiger partial charge in [0.1, 0.15) is 0 Å². The van der Waals surface area contributed by atoms with Crippen LogP contribution >= 0.6 is 0 Å². The van der Waals surface area contributed by atoms with Gasteiger partial charge in [-0.1, -0.05) is 0 Å². The summed E-state index contributed by atoms with van der Waals surface area (Å²) in [5, 5.41) is 6.25. The van der Waals surface area contributed by atoms with E-state index in [0.717, 1.165) is 0 Å². The number of nitrogens with zero attached hydrogens (tertiary/aromatic N) is 1. The molecule has 43 valence electrons. The zero-order valence-corrected chi connectivity index (χ0v) is 4.90. The Morgan fingerprint density at radius 2 is 1.33 bits per heavy atom. The maximum absolute atomic E-state index is 6.25. The van der Waals surface area contributed by atoms with Crippen LogP contribution < -0.4 is 0 Å². The van der Waals surface area contributed by atoms with Crippen LogP contribution in [0.15, 0.2) is 0 Å². The zero-order chi connectivity index (χ0) is 4.00. The summed E-state index contributed by atoms with van der Waals surface area (Å²) < 4.78 is 0. The zero-order valence-electron chi connectivity index (χ0n) is 3.96. The topological polar surface area (TPSA) is 23.8 Å². The Kier molecular flexibility index (Phi) is 5580000. The minimum absolute atomic E-state index is 0. The van der Waals surface area contributed by atoms with E-state index in [1.807, 2.05) is 0 Å². The number of hydrogen-bond acceptors (Lipinski definition) is 1. The molecular weight excluding hydrogens is 126 g/mol. The van der Waals surface area contributed by atoms with Crippen LogP contribution in [0.25, 0.3) is 0 Å². The second-order valence-electron chi connectivity index (χ2n) is 0. The molecule has 2 heteroatoms. The average Bonchev–Trinajstić information content (AvgIpc) is 1.50. The summed E-state index contributed by atoms with van der Waals surface area (Å²) in [4.78, 5) is 0. The van der Waals surface area contributed by atoms with Gasteiger partial charge in [0.2, 0.25) is 0 Å². The molecule has 0 spiro atoms. The molecule has 0 aliphatic heterocycles. The van der Waals surface area contributed by atoms with E-state index >= 15 is 0 Å². The second kappa shape index (κ2) is 896000. The summed E-state index contributed by atoms with van der Waals surface area (Å²) in [5.74, 6) is 0. The normalized spacial score (nSPS) is 1.33. The molecule has 0 aliphatic rings. The van der Waals surface area contributed by atoms with Crippen LogP contribution in [-0.2, 0) is 17.1 Å². The molecular formula is C4H8CuN-3. The predicted octanol–water partition coefficient (Wildman–Crippen LogP) is 1.38. The van der Waals surface area contributed by atoms with E-state index in [-0.39, 0.29) is 24.5 Å². The molecule has 0 aromatic carbocycles. The van der Waals surface area contributed by atoms with Crippen LogP contribution in [0.4, 0.5) is 0 Å². The molecule has 0 fully saturated rings. The van der Waals surface area contributed by atoms with Crippen LogP contribution in [-0.4, -0.2) is 0 Å². The molecule has 0 aromatic heterocycles. The monoisotopic (exact) mass is 133 g/mol. The van der Waals surface area contributed by atoms with E-state index in [0.29, 0.717) is 0 Å². The fourth-order valence-electron chi connectivity index (χ4n) is 0. The molecule has 0 saturated heterocycles. The molecule has 1 nitrogen and oxygen atoms in total. The van der Waals surface area contributed by atoms with Gasteiger partial charge in [0, 0.05) is 17.1 Å². The van der Waals surface area contributed by atoms with Crippen LogP contribution in [0.2, 0.25) is 0 Å². The summed E-state index contributed by atoms with van der Waals surface area (Å²) >= 11 is 0. The third kappa shape index (κ3) is 404000. The van der Waals surface area contributed by atoms with Gasteiger partial charge in [-0.05, 0) is 0 Å². The first-order valence-electron chi connectivity index (χ1n) is 0.931. The van der Waals surface area contributed by atoms with Crippen molar-refractivity contribution in [3.63, 3.8) is 0 Å². The summed E-state index contributed by atoms with van der Waals surface area (Å²) in [5.41, 5.74) is 0. The first-order valence-corrected chi connectivity index (χ1v) is 0.931. The van der Waals surface area contributed by atoms with Gasteiger partial charge in [0.25, 0.3) is 0 Å². The average molecular weight is 134 g/mol. The smallest absolute Gasteiger partial charge is 0 e. The largest absolute Gasteiger partial charge is 0.512 e. The van der Waals surface area contributed by atoms with Gasteiger partial charge in [-0.15, -0.1) is 0 Å². The first kappa shape index (κ1) is 37.3. The Labute approximate surface area is 50.8 Å². The third-order valence-corrected chi connectivity index (χ3v) is 0. The van der Waals surface area contributed by atoms with E-state index in [4.69, 9.17) is 11.8 Å². The van der Waals surface area contributed by atoms with Crippen LogP contribution in [0.3, 0.4) is 0 Å². The summed E-state index contributed by atoms with van der Waals surface area (Å²) in [6, 6.07) is 0. The maximum atomic E-state index is 6.25.